The highest BCUT2D eigenvalue weighted by molar-refractivity contribution is 4.67. The molecule has 0 saturated carbocycles. The SMILES string of the molecule is CC(C)(C)CC(N)(O)O. The molecule has 56 valence electrons. The van der Waals surface area contributed by atoms with Crippen LogP contribution >= 0.6 is 0 Å². The number of aliphatic hydroxyl groups is 2. The fourth-order valence-corrected chi connectivity index (χ4v) is 0.781. The summed E-state index contributed by atoms with van der Waals surface area (Å²) in [7, 11) is 0. The Labute approximate surface area is 55.5 Å². The summed E-state index contributed by atoms with van der Waals surface area (Å²) in [5, 5.41) is 17.4. The minimum Gasteiger partial charge on any atom is -0.354 e. The molecule has 0 aliphatic carbocycles. The summed E-state index contributed by atoms with van der Waals surface area (Å²) in [6.45, 7) is 5.67. The first-order valence-corrected chi connectivity index (χ1v) is 2.94. The molecule has 3 nitrogen and oxygen atoms in total. The van der Waals surface area contributed by atoms with Gasteiger partial charge in [0.25, 0.3) is 0 Å². The van der Waals surface area contributed by atoms with Crippen LogP contribution in [0, 0.1) is 5.41 Å². The van der Waals surface area contributed by atoms with Crippen molar-refractivity contribution >= 4 is 0 Å². The fourth-order valence-electron chi connectivity index (χ4n) is 0.781. The number of hydrogen-bond donors (Lipinski definition) is 3. The molecule has 0 aromatic heterocycles. The van der Waals surface area contributed by atoms with Crippen LogP contribution < -0.4 is 5.73 Å². The molecular weight excluding hydrogens is 118 g/mol. The summed E-state index contributed by atoms with van der Waals surface area (Å²) in [5.41, 5.74) is 4.79. The van der Waals surface area contributed by atoms with Gasteiger partial charge in [0.1, 0.15) is 0 Å². The van der Waals surface area contributed by atoms with Gasteiger partial charge in [-0.25, -0.2) is 0 Å². The van der Waals surface area contributed by atoms with Gasteiger partial charge in [-0.05, 0) is 5.41 Å². The van der Waals surface area contributed by atoms with Crippen molar-refractivity contribution in [1.29, 1.82) is 0 Å². The summed E-state index contributed by atoms with van der Waals surface area (Å²) in [5.74, 6) is -2.02. The molecule has 0 amide bonds. The Hall–Kier alpha value is -0.120. The van der Waals surface area contributed by atoms with Gasteiger partial charge in [-0.15, -0.1) is 0 Å². The maximum atomic E-state index is 8.69. The third kappa shape index (κ3) is 7.88. The maximum absolute atomic E-state index is 8.69. The summed E-state index contributed by atoms with van der Waals surface area (Å²) < 4.78 is 0. The lowest BCUT2D eigenvalue weighted by atomic mass is 9.90. The Morgan fingerprint density at radius 3 is 1.56 bits per heavy atom. The van der Waals surface area contributed by atoms with Crippen LogP contribution in [0.2, 0.25) is 0 Å². The van der Waals surface area contributed by atoms with E-state index < -0.39 is 5.91 Å². The molecule has 0 spiro atoms. The monoisotopic (exact) mass is 133 g/mol. The summed E-state index contributed by atoms with van der Waals surface area (Å²) in [6, 6.07) is 0. The van der Waals surface area contributed by atoms with Crippen LogP contribution in [0.5, 0.6) is 0 Å². The molecule has 4 N–H and O–H groups in total. The van der Waals surface area contributed by atoms with Gasteiger partial charge in [-0.1, -0.05) is 20.8 Å². The summed E-state index contributed by atoms with van der Waals surface area (Å²) >= 11 is 0. The first-order chi connectivity index (χ1) is 3.71. The van der Waals surface area contributed by atoms with Crippen molar-refractivity contribution in [3.8, 4) is 0 Å². The van der Waals surface area contributed by atoms with E-state index in [-0.39, 0.29) is 11.8 Å². The highest BCUT2D eigenvalue weighted by Gasteiger charge is 2.24. The van der Waals surface area contributed by atoms with Gasteiger partial charge in [0.15, 0.2) is 0 Å². The van der Waals surface area contributed by atoms with Crippen LogP contribution in [-0.4, -0.2) is 16.1 Å². The smallest absolute Gasteiger partial charge is 0.220 e. The van der Waals surface area contributed by atoms with Crippen molar-refractivity contribution < 1.29 is 10.2 Å². The van der Waals surface area contributed by atoms with Crippen molar-refractivity contribution in [3.05, 3.63) is 0 Å². The molecule has 9 heavy (non-hydrogen) atoms. The maximum Gasteiger partial charge on any atom is 0.220 e. The Balaban J connectivity index is 3.75. The zero-order valence-corrected chi connectivity index (χ0v) is 6.18. The predicted octanol–water partition coefficient (Wildman–Crippen LogP) is 0.0197. The normalized spacial score (nSPS) is 14.0. The zero-order valence-electron chi connectivity index (χ0n) is 6.18. The molecular formula is C6H15NO2. The van der Waals surface area contributed by atoms with Crippen LogP contribution in [0.3, 0.4) is 0 Å². The largest absolute Gasteiger partial charge is 0.354 e. The molecule has 0 heterocycles. The first-order valence-electron chi connectivity index (χ1n) is 2.94. The summed E-state index contributed by atoms with van der Waals surface area (Å²) in [4.78, 5) is 0. The number of hydrogen-bond acceptors (Lipinski definition) is 3. The van der Waals surface area contributed by atoms with Crippen LogP contribution in [0.25, 0.3) is 0 Å². The molecule has 0 bridgehead atoms. The lowest BCUT2D eigenvalue weighted by Crippen LogP contribution is -2.42. The molecule has 0 aliphatic rings. The molecule has 0 rings (SSSR count). The summed E-state index contributed by atoms with van der Waals surface area (Å²) in [6.07, 6.45) is 0.181. The van der Waals surface area contributed by atoms with Crippen molar-refractivity contribution in [2.24, 2.45) is 11.1 Å². The molecule has 0 aliphatic heterocycles. The standard InChI is InChI=1S/C6H15NO2/c1-5(2,3)4-6(7,8)9/h8-9H,4,7H2,1-3H3. The third-order valence-corrected chi connectivity index (χ3v) is 0.791. The van der Waals surface area contributed by atoms with Gasteiger partial charge in [0, 0.05) is 6.42 Å². The van der Waals surface area contributed by atoms with Crippen molar-refractivity contribution in [2.75, 3.05) is 0 Å². The second-order valence-electron chi connectivity index (χ2n) is 3.62. The van der Waals surface area contributed by atoms with E-state index >= 15 is 0 Å². The van der Waals surface area contributed by atoms with Crippen molar-refractivity contribution in [3.63, 3.8) is 0 Å². The van der Waals surface area contributed by atoms with Crippen LogP contribution in [0.15, 0.2) is 0 Å². The van der Waals surface area contributed by atoms with E-state index in [1.807, 2.05) is 20.8 Å². The predicted molar refractivity (Wildman–Crippen MR) is 35.4 cm³/mol. The molecule has 0 atom stereocenters. The Morgan fingerprint density at radius 1 is 1.22 bits per heavy atom. The van der Waals surface area contributed by atoms with Crippen molar-refractivity contribution in [1.82, 2.24) is 0 Å². The topological polar surface area (TPSA) is 66.5 Å². The van der Waals surface area contributed by atoms with E-state index in [2.05, 4.69) is 0 Å². The van der Waals surface area contributed by atoms with E-state index in [9.17, 15) is 0 Å². The van der Waals surface area contributed by atoms with Gasteiger partial charge >= 0.3 is 0 Å². The average Bonchev–Trinajstić information content (AvgIpc) is 1.14. The second kappa shape index (κ2) is 2.25. The third-order valence-electron chi connectivity index (χ3n) is 0.791. The molecule has 0 radical (unpaired) electrons. The molecule has 3 heteroatoms. The molecule has 0 saturated heterocycles. The Morgan fingerprint density at radius 2 is 1.56 bits per heavy atom. The quantitative estimate of drug-likeness (QED) is 0.442. The van der Waals surface area contributed by atoms with Gasteiger partial charge in [-0.3, -0.25) is 5.73 Å². The molecule has 0 aromatic carbocycles. The van der Waals surface area contributed by atoms with Crippen LogP contribution in [0.4, 0.5) is 0 Å². The zero-order chi connectivity index (χ0) is 7.71. The minimum absolute atomic E-state index is 0.141. The Kier molecular flexibility index (Phi) is 2.22. The first kappa shape index (κ1) is 8.88. The van der Waals surface area contributed by atoms with Crippen LogP contribution in [0.1, 0.15) is 27.2 Å². The van der Waals surface area contributed by atoms with Gasteiger partial charge in [-0.2, -0.15) is 0 Å². The number of rotatable bonds is 1. The van der Waals surface area contributed by atoms with E-state index in [1.54, 1.807) is 0 Å². The average molecular weight is 133 g/mol. The highest BCUT2D eigenvalue weighted by Crippen LogP contribution is 2.22. The van der Waals surface area contributed by atoms with E-state index in [0.717, 1.165) is 0 Å². The van der Waals surface area contributed by atoms with Gasteiger partial charge < -0.3 is 10.2 Å². The van der Waals surface area contributed by atoms with E-state index in [1.165, 1.54) is 0 Å². The van der Waals surface area contributed by atoms with Crippen molar-refractivity contribution in [2.45, 2.75) is 33.1 Å². The molecule has 0 unspecified atom stereocenters. The van der Waals surface area contributed by atoms with Gasteiger partial charge in [0.2, 0.25) is 5.91 Å². The minimum atomic E-state index is -2.02. The Bertz CT molecular complexity index is 76.2. The van der Waals surface area contributed by atoms with E-state index in [0.29, 0.717) is 0 Å². The lowest BCUT2D eigenvalue weighted by Gasteiger charge is -2.25. The van der Waals surface area contributed by atoms with Gasteiger partial charge in [0.05, 0.1) is 0 Å². The molecule has 0 fully saturated rings. The second-order valence-corrected chi connectivity index (χ2v) is 3.62. The highest BCUT2D eigenvalue weighted by atomic mass is 16.5. The van der Waals surface area contributed by atoms with E-state index in [4.69, 9.17) is 15.9 Å². The molecule has 0 aromatic rings. The van der Waals surface area contributed by atoms with Crippen LogP contribution in [-0.2, 0) is 0 Å². The fraction of sp³-hybridized carbons (Fsp3) is 1.00. The lowest BCUT2D eigenvalue weighted by molar-refractivity contribution is -0.175. The number of nitrogens with two attached hydrogens (primary N) is 1.